The van der Waals surface area contributed by atoms with Gasteiger partial charge in [0, 0.05) is 11.9 Å². The van der Waals surface area contributed by atoms with Gasteiger partial charge in [-0.15, -0.1) is 0 Å². The van der Waals surface area contributed by atoms with Gasteiger partial charge in [-0.25, -0.2) is 4.79 Å². The van der Waals surface area contributed by atoms with Crippen LogP contribution in [0, 0.1) is 0 Å². The third-order valence-corrected chi connectivity index (χ3v) is 5.88. The molecule has 20 heavy (non-hydrogen) atoms. The Bertz CT molecular complexity index is 529. The lowest BCUT2D eigenvalue weighted by Gasteiger charge is -2.37. The molecule has 1 spiro atoms. The zero-order chi connectivity index (χ0) is 14.2. The van der Waals surface area contributed by atoms with E-state index in [1.165, 1.54) is 25.0 Å². The number of hydrogen-bond acceptors (Lipinski definition) is 4. The summed E-state index contributed by atoms with van der Waals surface area (Å²) in [6, 6.07) is 2.87. The SMILES string of the molecule is O=C(O)c1ccc(S(=O)C2CCOC3(CCCC3)C2)o1. The summed E-state index contributed by atoms with van der Waals surface area (Å²) in [5.41, 5.74) is -0.0964. The molecule has 0 radical (unpaired) electrons. The van der Waals surface area contributed by atoms with Gasteiger partial charge in [0.15, 0.2) is 5.09 Å². The van der Waals surface area contributed by atoms with E-state index in [0.29, 0.717) is 6.61 Å². The molecule has 1 N–H and O–H groups in total. The lowest BCUT2D eigenvalue weighted by molar-refractivity contribution is -0.0709. The van der Waals surface area contributed by atoms with Crippen LogP contribution in [0.3, 0.4) is 0 Å². The first-order chi connectivity index (χ1) is 9.60. The van der Waals surface area contributed by atoms with Crippen molar-refractivity contribution in [3.05, 3.63) is 17.9 Å². The molecule has 6 heteroatoms. The van der Waals surface area contributed by atoms with Crippen LogP contribution in [0.5, 0.6) is 0 Å². The fourth-order valence-corrected chi connectivity index (χ4v) is 4.71. The van der Waals surface area contributed by atoms with E-state index in [1.807, 2.05) is 0 Å². The monoisotopic (exact) mass is 298 g/mol. The van der Waals surface area contributed by atoms with Gasteiger partial charge in [-0.2, -0.15) is 0 Å². The lowest BCUT2D eigenvalue weighted by Crippen LogP contribution is -2.41. The Morgan fingerprint density at radius 1 is 1.35 bits per heavy atom. The van der Waals surface area contributed by atoms with E-state index in [0.717, 1.165) is 25.7 Å². The Balaban J connectivity index is 1.74. The summed E-state index contributed by atoms with van der Waals surface area (Å²) in [7, 11) is -1.30. The van der Waals surface area contributed by atoms with Gasteiger partial charge in [0.2, 0.25) is 5.76 Å². The number of carbonyl (C=O) groups is 1. The maximum atomic E-state index is 12.5. The molecule has 2 heterocycles. The highest BCUT2D eigenvalue weighted by molar-refractivity contribution is 7.85. The Morgan fingerprint density at radius 2 is 2.10 bits per heavy atom. The van der Waals surface area contributed by atoms with Gasteiger partial charge in [-0.05, 0) is 37.8 Å². The highest BCUT2D eigenvalue weighted by atomic mass is 32.2. The minimum Gasteiger partial charge on any atom is -0.475 e. The quantitative estimate of drug-likeness (QED) is 0.928. The molecule has 1 saturated heterocycles. The smallest absolute Gasteiger partial charge is 0.371 e. The Morgan fingerprint density at radius 3 is 2.75 bits per heavy atom. The Labute approximate surface area is 119 Å². The molecule has 110 valence electrons. The van der Waals surface area contributed by atoms with Gasteiger partial charge in [0.05, 0.1) is 16.4 Å². The van der Waals surface area contributed by atoms with Crippen LogP contribution in [0.15, 0.2) is 21.6 Å². The third kappa shape index (κ3) is 2.54. The molecule has 5 nitrogen and oxygen atoms in total. The van der Waals surface area contributed by atoms with Gasteiger partial charge >= 0.3 is 5.97 Å². The van der Waals surface area contributed by atoms with Crippen LogP contribution in [-0.4, -0.2) is 32.7 Å². The molecule has 0 bridgehead atoms. The first-order valence-corrected chi connectivity index (χ1v) is 8.19. The highest BCUT2D eigenvalue weighted by Gasteiger charge is 2.42. The van der Waals surface area contributed by atoms with Crippen LogP contribution in [0.4, 0.5) is 0 Å². The normalized spacial score (nSPS) is 26.7. The molecule has 0 aromatic carbocycles. The molecule has 3 rings (SSSR count). The molecule has 1 aliphatic carbocycles. The highest BCUT2D eigenvalue weighted by Crippen LogP contribution is 2.41. The first-order valence-electron chi connectivity index (χ1n) is 6.97. The number of hydrogen-bond donors (Lipinski definition) is 1. The van der Waals surface area contributed by atoms with Gasteiger partial charge in [0.1, 0.15) is 0 Å². The summed E-state index contributed by atoms with van der Waals surface area (Å²) in [5, 5.41) is 9.11. The van der Waals surface area contributed by atoms with Crippen molar-refractivity contribution in [2.75, 3.05) is 6.61 Å². The Kier molecular flexibility index (Phi) is 3.69. The van der Waals surface area contributed by atoms with E-state index in [2.05, 4.69) is 0 Å². The molecule has 2 unspecified atom stereocenters. The molecule has 2 atom stereocenters. The zero-order valence-electron chi connectivity index (χ0n) is 11.2. The standard InChI is InChI=1S/C14H18O5S/c15-13(16)11-3-4-12(19-11)20(17)10-5-8-18-14(9-10)6-1-2-7-14/h3-4,10H,1-2,5-9H2,(H,15,16). The maximum absolute atomic E-state index is 12.5. The van der Waals surface area contributed by atoms with Gasteiger partial charge < -0.3 is 14.3 Å². The van der Waals surface area contributed by atoms with Crippen LogP contribution < -0.4 is 0 Å². The molecule has 2 fully saturated rings. The molecule has 1 aromatic heterocycles. The zero-order valence-corrected chi connectivity index (χ0v) is 12.0. The number of carboxylic acids is 1. The summed E-state index contributed by atoms with van der Waals surface area (Å²) in [4.78, 5) is 10.8. The van der Waals surface area contributed by atoms with Gasteiger partial charge in [-0.3, -0.25) is 4.21 Å². The lowest BCUT2D eigenvalue weighted by atomic mass is 9.92. The minimum atomic E-state index is -1.30. The van der Waals surface area contributed by atoms with Crippen molar-refractivity contribution in [3.8, 4) is 0 Å². The van der Waals surface area contributed by atoms with Crippen molar-refractivity contribution in [3.63, 3.8) is 0 Å². The Hall–Kier alpha value is -1.14. The number of rotatable bonds is 3. The van der Waals surface area contributed by atoms with Gasteiger partial charge in [-0.1, -0.05) is 12.8 Å². The number of ether oxygens (including phenoxy) is 1. The summed E-state index contributed by atoms with van der Waals surface area (Å²) >= 11 is 0. The van der Waals surface area contributed by atoms with Crippen molar-refractivity contribution in [2.24, 2.45) is 0 Å². The van der Waals surface area contributed by atoms with Crippen LogP contribution in [0.2, 0.25) is 0 Å². The fourth-order valence-electron chi connectivity index (χ4n) is 3.24. The second kappa shape index (κ2) is 5.33. The van der Waals surface area contributed by atoms with Crippen molar-refractivity contribution >= 4 is 16.8 Å². The van der Waals surface area contributed by atoms with Crippen LogP contribution in [0.1, 0.15) is 49.1 Å². The van der Waals surface area contributed by atoms with Crippen molar-refractivity contribution in [1.82, 2.24) is 0 Å². The summed E-state index contributed by atoms with van der Waals surface area (Å²) in [5.74, 6) is -1.29. The van der Waals surface area contributed by atoms with Gasteiger partial charge in [0.25, 0.3) is 0 Å². The molecule has 2 aliphatic rings. The molecule has 0 amide bonds. The average molecular weight is 298 g/mol. The van der Waals surface area contributed by atoms with E-state index < -0.39 is 16.8 Å². The second-order valence-corrected chi connectivity index (χ2v) is 7.24. The number of carboxylic acid groups (broad SMARTS) is 1. The van der Waals surface area contributed by atoms with Crippen molar-refractivity contribution in [2.45, 2.75) is 54.5 Å². The first kappa shape index (κ1) is 13.8. The molecular formula is C14H18O5S. The summed E-state index contributed by atoms with van der Waals surface area (Å²) in [6.45, 7) is 0.628. The van der Waals surface area contributed by atoms with E-state index >= 15 is 0 Å². The van der Waals surface area contributed by atoms with Crippen LogP contribution >= 0.6 is 0 Å². The van der Waals surface area contributed by atoms with Crippen LogP contribution in [0.25, 0.3) is 0 Å². The topological polar surface area (TPSA) is 76.7 Å². The molecular weight excluding hydrogens is 280 g/mol. The number of aromatic carboxylic acids is 1. The van der Waals surface area contributed by atoms with Crippen molar-refractivity contribution < 1.29 is 23.3 Å². The van der Waals surface area contributed by atoms with Crippen molar-refractivity contribution in [1.29, 1.82) is 0 Å². The van der Waals surface area contributed by atoms with E-state index in [1.54, 1.807) is 0 Å². The third-order valence-electron chi connectivity index (χ3n) is 4.26. The number of furan rings is 1. The predicted octanol–water partition coefficient (Wildman–Crippen LogP) is 2.58. The fraction of sp³-hybridized carbons (Fsp3) is 0.643. The molecule has 1 aliphatic heterocycles. The molecule has 1 saturated carbocycles. The van der Waals surface area contributed by atoms with E-state index in [-0.39, 0.29) is 21.7 Å². The minimum absolute atomic E-state index is 0.00496. The summed E-state index contributed by atoms with van der Waals surface area (Å²) < 4.78 is 23.6. The van der Waals surface area contributed by atoms with E-state index in [9.17, 15) is 9.00 Å². The summed E-state index contributed by atoms with van der Waals surface area (Å²) in [6.07, 6.45) is 5.94. The average Bonchev–Trinajstić information content (AvgIpc) is 3.08. The maximum Gasteiger partial charge on any atom is 0.371 e. The van der Waals surface area contributed by atoms with E-state index in [4.69, 9.17) is 14.3 Å². The molecule has 1 aromatic rings. The predicted molar refractivity (Wildman–Crippen MR) is 72.2 cm³/mol. The largest absolute Gasteiger partial charge is 0.475 e. The van der Waals surface area contributed by atoms with Crippen LogP contribution in [-0.2, 0) is 15.5 Å². The second-order valence-electron chi connectivity index (χ2n) is 5.57.